The average Bonchev–Trinajstić information content (AvgIpc) is 2.54. The van der Waals surface area contributed by atoms with Gasteiger partial charge in [-0.3, -0.25) is 4.79 Å². The van der Waals surface area contributed by atoms with Gasteiger partial charge in [0.1, 0.15) is 0 Å². The molecule has 0 bridgehead atoms. The minimum atomic E-state index is 0.219. The summed E-state index contributed by atoms with van der Waals surface area (Å²) in [7, 11) is 0. The lowest BCUT2D eigenvalue weighted by molar-refractivity contribution is -0.127. The molecule has 2 N–H and O–H groups in total. The van der Waals surface area contributed by atoms with Crippen LogP contribution in [-0.4, -0.2) is 40.9 Å². The smallest absolute Gasteiger partial charge is 0.232 e. The second kappa shape index (κ2) is 6.10. The fourth-order valence-electron chi connectivity index (χ4n) is 2.40. The fourth-order valence-corrected chi connectivity index (χ4v) is 3.80. The first-order valence-corrected chi connectivity index (χ1v) is 7.62. The summed E-state index contributed by atoms with van der Waals surface area (Å²) in [5.41, 5.74) is 6.47. The first-order valence-electron chi connectivity index (χ1n) is 6.57. The summed E-state index contributed by atoms with van der Waals surface area (Å²) < 4.78 is 0. The number of hydrogen-bond donors (Lipinski definition) is 1. The topological polar surface area (TPSA) is 46.3 Å². The molecule has 1 aliphatic carbocycles. The van der Waals surface area contributed by atoms with E-state index in [2.05, 4.69) is 13.8 Å². The van der Waals surface area contributed by atoms with Gasteiger partial charge in [0.15, 0.2) is 0 Å². The van der Waals surface area contributed by atoms with Crippen LogP contribution in [0.2, 0.25) is 0 Å². The van der Waals surface area contributed by atoms with E-state index in [1.807, 2.05) is 18.7 Å². The second-order valence-electron chi connectivity index (χ2n) is 5.47. The Kier molecular flexibility index (Phi) is 5.32. The van der Waals surface area contributed by atoms with Gasteiger partial charge < -0.3 is 10.6 Å². The van der Waals surface area contributed by atoms with Crippen molar-refractivity contribution in [3.63, 3.8) is 0 Å². The quantitative estimate of drug-likeness (QED) is 0.821. The van der Waals surface area contributed by atoms with Crippen molar-refractivity contribution in [3.8, 4) is 0 Å². The zero-order valence-corrected chi connectivity index (χ0v) is 12.3. The van der Waals surface area contributed by atoms with Gasteiger partial charge in [-0.2, -0.15) is 0 Å². The number of nitrogens with two attached hydrogens (primary N) is 1. The summed E-state index contributed by atoms with van der Waals surface area (Å²) in [6.07, 6.45) is 2.32. The number of rotatable bonds is 5. The van der Waals surface area contributed by atoms with E-state index in [0.717, 1.165) is 19.5 Å². The molecule has 0 radical (unpaired) electrons. The van der Waals surface area contributed by atoms with Crippen LogP contribution in [0, 0.1) is 5.41 Å². The Labute approximate surface area is 109 Å². The predicted molar refractivity (Wildman–Crippen MR) is 75.2 cm³/mol. The van der Waals surface area contributed by atoms with Crippen molar-refractivity contribution >= 4 is 17.7 Å². The molecule has 4 heteroatoms. The number of hydrogen-bond acceptors (Lipinski definition) is 3. The fraction of sp³-hybridized carbons (Fsp3) is 0.923. The molecule has 2 atom stereocenters. The van der Waals surface area contributed by atoms with Crippen LogP contribution in [0.1, 0.15) is 40.5 Å². The second-order valence-corrected chi connectivity index (χ2v) is 6.70. The molecule has 3 nitrogen and oxygen atoms in total. The highest BCUT2D eigenvalue weighted by molar-refractivity contribution is 8.00. The number of carbonyl (C=O) groups excluding carboxylic acids is 1. The third kappa shape index (κ3) is 3.62. The first kappa shape index (κ1) is 14.8. The summed E-state index contributed by atoms with van der Waals surface area (Å²) in [4.78, 5) is 13.8. The SMILES string of the molecule is CCN(CC)C(=O)CSC1CCC(C)(C)C1N. The zero-order chi connectivity index (χ0) is 13.1. The van der Waals surface area contributed by atoms with E-state index in [0.29, 0.717) is 11.0 Å². The molecule has 0 saturated heterocycles. The predicted octanol–water partition coefficient (Wildman–Crippen LogP) is 2.10. The van der Waals surface area contributed by atoms with Crippen molar-refractivity contribution in [1.82, 2.24) is 4.90 Å². The summed E-state index contributed by atoms with van der Waals surface area (Å²) in [5, 5.41) is 0.449. The van der Waals surface area contributed by atoms with Gasteiger partial charge in [-0.25, -0.2) is 0 Å². The standard InChI is InChI=1S/C13H26N2OS/c1-5-15(6-2)11(16)9-17-10-7-8-13(3,4)12(10)14/h10,12H,5-9,14H2,1-4H3. The Morgan fingerprint density at radius 1 is 1.41 bits per heavy atom. The molecule has 1 fully saturated rings. The minimum Gasteiger partial charge on any atom is -0.343 e. The molecule has 2 unspecified atom stereocenters. The van der Waals surface area contributed by atoms with E-state index in [9.17, 15) is 4.79 Å². The van der Waals surface area contributed by atoms with Gasteiger partial charge in [-0.1, -0.05) is 13.8 Å². The molecule has 1 rings (SSSR count). The highest BCUT2D eigenvalue weighted by Gasteiger charge is 2.39. The maximum absolute atomic E-state index is 11.9. The molecule has 0 heterocycles. The van der Waals surface area contributed by atoms with Crippen LogP contribution >= 0.6 is 11.8 Å². The molecule has 0 aromatic heterocycles. The van der Waals surface area contributed by atoms with Crippen molar-refractivity contribution in [2.24, 2.45) is 11.1 Å². The third-order valence-corrected chi connectivity index (χ3v) is 5.28. The lowest BCUT2D eigenvalue weighted by Gasteiger charge is -2.27. The van der Waals surface area contributed by atoms with Gasteiger partial charge in [0.2, 0.25) is 5.91 Å². The largest absolute Gasteiger partial charge is 0.343 e. The van der Waals surface area contributed by atoms with Crippen molar-refractivity contribution in [3.05, 3.63) is 0 Å². The van der Waals surface area contributed by atoms with Crippen LogP contribution in [0.5, 0.6) is 0 Å². The molecule has 0 aliphatic heterocycles. The van der Waals surface area contributed by atoms with Gasteiger partial charge in [-0.15, -0.1) is 11.8 Å². The summed E-state index contributed by atoms with van der Waals surface area (Å²) in [6, 6.07) is 0.219. The van der Waals surface area contributed by atoms with E-state index in [1.165, 1.54) is 6.42 Å². The monoisotopic (exact) mass is 258 g/mol. The van der Waals surface area contributed by atoms with Gasteiger partial charge >= 0.3 is 0 Å². The highest BCUT2D eigenvalue weighted by Crippen LogP contribution is 2.41. The molecule has 100 valence electrons. The number of thioether (sulfide) groups is 1. The maximum atomic E-state index is 11.9. The van der Waals surface area contributed by atoms with Crippen molar-refractivity contribution in [1.29, 1.82) is 0 Å². The Morgan fingerprint density at radius 3 is 2.41 bits per heavy atom. The lowest BCUT2D eigenvalue weighted by Crippen LogP contribution is -2.39. The van der Waals surface area contributed by atoms with Crippen LogP contribution in [0.15, 0.2) is 0 Å². The molecule has 0 aromatic carbocycles. The van der Waals surface area contributed by atoms with Gasteiger partial charge in [0, 0.05) is 24.4 Å². The van der Waals surface area contributed by atoms with Crippen LogP contribution in [-0.2, 0) is 4.79 Å². The van der Waals surface area contributed by atoms with Crippen LogP contribution in [0.3, 0.4) is 0 Å². The van der Waals surface area contributed by atoms with Crippen molar-refractivity contribution in [2.45, 2.75) is 51.8 Å². The first-order chi connectivity index (χ1) is 7.92. The van der Waals surface area contributed by atoms with E-state index in [-0.39, 0.29) is 17.4 Å². The molecule has 1 aliphatic rings. The number of amides is 1. The minimum absolute atomic E-state index is 0.219. The zero-order valence-electron chi connectivity index (χ0n) is 11.5. The Morgan fingerprint density at radius 2 is 2.00 bits per heavy atom. The Balaban J connectivity index is 2.39. The van der Waals surface area contributed by atoms with Crippen LogP contribution < -0.4 is 5.73 Å². The van der Waals surface area contributed by atoms with Crippen molar-refractivity contribution in [2.75, 3.05) is 18.8 Å². The van der Waals surface area contributed by atoms with Gasteiger partial charge in [0.05, 0.1) is 5.75 Å². The molecular weight excluding hydrogens is 232 g/mol. The van der Waals surface area contributed by atoms with Crippen molar-refractivity contribution < 1.29 is 4.79 Å². The average molecular weight is 258 g/mol. The number of carbonyl (C=O) groups is 1. The molecule has 0 spiro atoms. The third-order valence-electron chi connectivity index (χ3n) is 3.91. The molecular formula is C13H26N2OS. The van der Waals surface area contributed by atoms with E-state index in [1.54, 1.807) is 11.8 Å². The Bertz CT molecular complexity index is 264. The summed E-state index contributed by atoms with van der Waals surface area (Å²) >= 11 is 1.75. The maximum Gasteiger partial charge on any atom is 0.232 e. The molecule has 0 aromatic rings. The number of nitrogens with zero attached hydrogens (tertiary/aromatic N) is 1. The summed E-state index contributed by atoms with van der Waals surface area (Å²) in [5.74, 6) is 0.827. The van der Waals surface area contributed by atoms with Crippen LogP contribution in [0.4, 0.5) is 0 Å². The lowest BCUT2D eigenvalue weighted by atomic mass is 9.88. The normalized spacial score (nSPS) is 27.1. The van der Waals surface area contributed by atoms with E-state index < -0.39 is 0 Å². The molecule has 1 amide bonds. The van der Waals surface area contributed by atoms with E-state index >= 15 is 0 Å². The highest BCUT2D eigenvalue weighted by atomic mass is 32.2. The molecule has 17 heavy (non-hydrogen) atoms. The Hall–Kier alpha value is -0.220. The van der Waals surface area contributed by atoms with Gasteiger partial charge in [-0.05, 0) is 32.1 Å². The molecule has 1 saturated carbocycles. The summed E-state index contributed by atoms with van der Waals surface area (Å²) in [6.45, 7) is 10.1. The van der Waals surface area contributed by atoms with E-state index in [4.69, 9.17) is 5.73 Å². The van der Waals surface area contributed by atoms with Gasteiger partial charge in [0.25, 0.3) is 0 Å². The van der Waals surface area contributed by atoms with Crippen LogP contribution in [0.25, 0.3) is 0 Å².